The lowest BCUT2D eigenvalue weighted by Crippen LogP contribution is -2.59. The number of ether oxygens (including phenoxy) is 1. The molecule has 5 nitrogen and oxygen atoms in total. The van der Waals surface area contributed by atoms with Gasteiger partial charge >= 0.3 is 0 Å². The zero-order chi connectivity index (χ0) is 19.6. The van der Waals surface area contributed by atoms with Gasteiger partial charge in [0.05, 0.1) is 24.3 Å². The van der Waals surface area contributed by atoms with Gasteiger partial charge in [0.2, 0.25) is 0 Å². The smallest absolute Gasteiger partial charge is 0.252 e. The Balaban J connectivity index is 1.57. The van der Waals surface area contributed by atoms with E-state index >= 15 is 0 Å². The van der Waals surface area contributed by atoms with Crippen LogP contribution in [0.1, 0.15) is 53.7 Å². The van der Waals surface area contributed by atoms with Crippen LogP contribution in [0.25, 0.3) is 10.9 Å². The van der Waals surface area contributed by atoms with E-state index in [1.54, 1.807) is 0 Å². The van der Waals surface area contributed by atoms with E-state index in [0.29, 0.717) is 6.54 Å². The SMILES string of the molecule is Cc1ccc2nc(C)cc(C(=O)NCC3(N4CCOCC4)CCCCC3)c2c1. The van der Waals surface area contributed by atoms with E-state index in [-0.39, 0.29) is 11.4 Å². The van der Waals surface area contributed by atoms with Crippen LogP contribution in [0.3, 0.4) is 0 Å². The predicted molar refractivity (Wildman–Crippen MR) is 112 cm³/mol. The fraction of sp³-hybridized carbons (Fsp3) is 0.565. The number of hydrogen-bond acceptors (Lipinski definition) is 4. The molecule has 0 spiro atoms. The van der Waals surface area contributed by atoms with Gasteiger partial charge < -0.3 is 10.1 Å². The van der Waals surface area contributed by atoms with Gasteiger partial charge in [-0.05, 0) is 44.9 Å². The summed E-state index contributed by atoms with van der Waals surface area (Å²) in [6.45, 7) is 8.23. The third kappa shape index (κ3) is 3.91. The fourth-order valence-electron chi connectivity index (χ4n) is 4.85. The second-order valence-electron chi connectivity index (χ2n) is 8.40. The maximum Gasteiger partial charge on any atom is 0.252 e. The highest BCUT2D eigenvalue weighted by atomic mass is 16.5. The summed E-state index contributed by atoms with van der Waals surface area (Å²) in [5, 5.41) is 4.23. The number of aromatic nitrogens is 1. The molecule has 1 N–H and O–H groups in total. The van der Waals surface area contributed by atoms with E-state index in [9.17, 15) is 4.79 Å². The highest BCUT2D eigenvalue weighted by molar-refractivity contribution is 6.06. The molecule has 0 bridgehead atoms. The van der Waals surface area contributed by atoms with E-state index in [0.717, 1.165) is 66.9 Å². The lowest BCUT2D eigenvalue weighted by Gasteiger charge is -2.48. The molecule has 5 heteroatoms. The summed E-state index contributed by atoms with van der Waals surface area (Å²) < 4.78 is 5.57. The molecule has 0 atom stereocenters. The number of pyridine rings is 1. The number of hydrogen-bond donors (Lipinski definition) is 1. The molecule has 1 amide bonds. The minimum Gasteiger partial charge on any atom is -0.379 e. The van der Waals surface area contributed by atoms with Crippen molar-refractivity contribution in [1.82, 2.24) is 15.2 Å². The van der Waals surface area contributed by atoms with E-state index in [1.165, 1.54) is 19.3 Å². The topological polar surface area (TPSA) is 54.5 Å². The zero-order valence-electron chi connectivity index (χ0n) is 17.1. The van der Waals surface area contributed by atoms with Crippen LogP contribution in [-0.2, 0) is 4.74 Å². The Hall–Kier alpha value is -1.98. The first kappa shape index (κ1) is 19.3. The number of rotatable bonds is 4. The van der Waals surface area contributed by atoms with Crippen molar-refractivity contribution in [3.05, 3.63) is 41.1 Å². The molecule has 1 aliphatic carbocycles. The van der Waals surface area contributed by atoms with Gasteiger partial charge in [0.1, 0.15) is 0 Å². The highest BCUT2D eigenvalue weighted by Crippen LogP contribution is 2.34. The minimum atomic E-state index is 0.0132. The Labute approximate surface area is 167 Å². The Morgan fingerprint density at radius 1 is 1.14 bits per heavy atom. The van der Waals surface area contributed by atoms with Gasteiger partial charge in [-0.1, -0.05) is 30.9 Å². The lowest BCUT2D eigenvalue weighted by molar-refractivity contribution is -0.0361. The van der Waals surface area contributed by atoms with Crippen molar-refractivity contribution in [1.29, 1.82) is 0 Å². The summed E-state index contributed by atoms with van der Waals surface area (Å²) in [6.07, 6.45) is 6.09. The first-order valence-electron chi connectivity index (χ1n) is 10.6. The fourth-order valence-corrected chi connectivity index (χ4v) is 4.85. The standard InChI is InChI=1S/C23H31N3O2/c1-17-6-7-21-19(14-17)20(15-18(2)25-21)22(27)24-16-23(8-4-3-5-9-23)26-10-12-28-13-11-26/h6-7,14-15H,3-5,8-13,16H2,1-2H3,(H,24,27). The van der Waals surface area contributed by atoms with Crippen molar-refractivity contribution in [3.8, 4) is 0 Å². The molecule has 4 rings (SSSR count). The number of nitrogens with one attached hydrogen (secondary N) is 1. The quantitative estimate of drug-likeness (QED) is 0.879. The van der Waals surface area contributed by atoms with Crippen LogP contribution in [0, 0.1) is 13.8 Å². The number of aryl methyl sites for hydroxylation is 2. The van der Waals surface area contributed by atoms with Crippen LogP contribution in [-0.4, -0.2) is 54.2 Å². The highest BCUT2D eigenvalue weighted by Gasteiger charge is 2.38. The number of amides is 1. The van der Waals surface area contributed by atoms with Crippen molar-refractivity contribution >= 4 is 16.8 Å². The summed E-state index contributed by atoms with van der Waals surface area (Å²) in [4.78, 5) is 20.4. The third-order valence-electron chi connectivity index (χ3n) is 6.38. The molecule has 150 valence electrons. The van der Waals surface area contributed by atoms with Crippen molar-refractivity contribution in [2.75, 3.05) is 32.8 Å². The third-order valence-corrected chi connectivity index (χ3v) is 6.38. The molecule has 0 unspecified atom stereocenters. The van der Waals surface area contributed by atoms with Gasteiger partial charge in [0.15, 0.2) is 0 Å². The summed E-state index contributed by atoms with van der Waals surface area (Å²) in [5.74, 6) is 0.0132. The Bertz CT molecular complexity index is 852. The lowest BCUT2D eigenvalue weighted by atomic mass is 9.79. The Morgan fingerprint density at radius 3 is 2.64 bits per heavy atom. The molecular weight excluding hydrogens is 350 g/mol. The average Bonchev–Trinajstić information content (AvgIpc) is 2.73. The van der Waals surface area contributed by atoms with Crippen molar-refractivity contribution < 1.29 is 9.53 Å². The van der Waals surface area contributed by atoms with Crippen molar-refractivity contribution in [2.24, 2.45) is 0 Å². The molecule has 2 fully saturated rings. The molecule has 2 heterocycles. The largest absolute Gasteiger partial charge is 0.379 e. The van der Waals surface area contributed by atoms with E-state index in [2.05, 4.69) is 28.2 Å². The first-order valence-corrected chi connectivity index (χ1v) is 10.6. The summed E-state index contributed by atoms with van der Waals surface area (Å²) in [7, 11) is 0. The van der Waals surface area contributed by atoms with Crippen LogP contribution in [0.4, 0.5) is 0 Å². The first-order chi connectivity index (χ1) is 13.6. The number of nitrogens with zero attached hydrogens (tertiary/aromatic N) is 2. The molecule has 2 aliphatic rings. The molecule has 1 saturated carbocycles. The van der Waals surface area contributed by atoms with Crippen LogP contribution in [0.5, 0.6) is 0 Å². The second-order valence-corrected chi connectivity index (χ2v) is 8.40. The predicted octanol–water partition coefficient (Wildman–Crippen LogP) is 3.62. The van der Waals surface area contributed by atoms with Gasteiger partial charge in [0.25, 0.3) is 5.91 Å². The maximum atomic E-state index is 13.2. The molecule has 1 saturated heterocycles. The molecule has 1 aromatic carbocycles. The van der Waals surface area contributed by atoms with Gasteiger partial charge in [-0.3, -0.25) is 14.7 Å². The van der Waals surface area contributed by atoms with Crippen LogP contribution >= 0.6 is 0 Å². The van der Waals surface area contributed by atoms with Crippen LogP contribution in [0.2, 0.25) is 0 Å². The molecule has 1 aromatic heterocycles. The molecule has 28 heavy (non-hydrogen) atoms. The van der Waals surface area contributed by atoms with Gasteiger partial charge in [0, 0.05) is 36.3 Å². The molecular formula is C23H31N3O2. The minimum absolute atomic E-state index is 0.0132. The number of carbonyl (C=O) groups excluding carboxylic acids is 1. The van der Waals surface area contributed by atoms with E-state index in [1.807, 2.05) is 25.1 Å². The second kappa shape index (κ2) is 8.18. The normalized spacial score (nSPS) is 20.2. The summed E-state index contributed by atoms with van der Waals surface area (Å²) in [5.41, 5.74) is 3.72. The van der Waals surface area contributed by atoms with E-state index < -0.39 is 0 Å². The molecule has 1 aliphatic heterocycles. The summed E-state index contributed by atoms with van der Waals surface area (Å²) in [6, 6.07) is 8.03. The Kier molecular flexibility index (Phi) is 5.65. The van der Waals surface area contributed by atoms with Crippen molar-refractivity contribution in [3.63, 3.8) is 0 Å². The molecule has 2 aromatic rings. The van der Waals surface area contributed by atoms with Crippen molar-refractivity contribution in [2.45, 2.75) is 51.5 Å². The zero-order valence-corrected chi connectivity index (χ0v) is 17.1. The number of fused-ring (bicyclic) bond motifs is 1. The van der Waals surface area contributed by atoms with Gasteiger partial charge in [-0.15, -0.1) is 0 Å². The number of benzene rings is 1. The summed E-state index contributed by atoms with van der Waals surface area (Å²) >= 11 is 0. The number of carbonyl (C=O) groups is 1. The maximum absolute atomic E-state index is 13.2. The van der Waals surface area contributed by atoms with Crippen LogP contribution < -0.4 is 5.32 Å². The van der Waals surface area contributed by atoms with E-state index in [4.69, 9.17) is 4.74 Å². The Morgan fingerprint density at radius 2 is 1.89 bits per heavy atom. The van der Waals surface area contributed by atoms with Gasteiger partial charge in [-0.2, -0.15) is 0 Å². The van der Waals surface area contributed by atoms with Crippen LogP contribution in [0.15, 0.2) is 24.3 Å². The average molecular weight is 382 g/mol. The van der Waals surface area contributed by atoms with Gasteiger partial charge in [-0.25, -0.2) is 0 Å². The molecule has 0 radical (unpaired) electrons. The number of morpholine rings is 1. The monoisotopic (exact) mass is 381 g/mol.